The summed E-state index contributed by atoms with van der Waals surface area (Å²) in [6, 6.07) is 13.6. The average molecular weight is 409 g/mol. The third-order valence-electron chi connectivity index (χ3n) is 5.67. The molecular weight excluding hydrogens is 382 g/mol. The van der Waals surface area contributed by atoms with E-state index in [4.69, 9.17) is 9.47 Å². The van der Waals surface area contributed by atoms with E-state index < -0.39 is 6.10 Å². The largest absolute Gasteiger partial charge is 0.495 e. The normalized spacial score (nSPS) is 18.7. The molecule has 0 aromatic heterocycles. The van der Waals surface area contributed by atoms with E-state index in [0.29, 0.717) is 24.5 Å². The van der Waals surface area contributed by atoms with Crippen molar-refractivity contribution in [1.82, 2.24) is 4.90 Å². The lowest BCUT2D eigenvalue weighted by molar-refractivity contribution is -0.133. The zero-order valence-corrected chi connectivity index (χ0v) is 17.6. The molecule has 2 aliphatic heterocycles. The highest BCUT2D eigenvalue weighted by molar-refractivity contribution is 6.03. The number of aryl methyl sites for hydroxylation is 1. The minimum Gasteiger partial charge on any atom is -0.495 e. The van der Waals surface area contributed by atoms with Gasteiger partial charge in [-0.2, -0.15) is 0 Å². The Kier molecular flexibility index (Phi) is 5.53. The first-order valence-electron chi connectivity index (χ1n) is 10.2. The molecule has 1 saturated heterocycles. The number of para-hydroxylation sites is 2. The van der Waals surface area contributed by atoms with Crippen molar-refractivity contribution in [3.63, 3.8) is 0 Å². The Morgan fingerprint density at radius 2 is 1.83 bits per heavy atom. The molecule has 2 heterocycles. The first kappa shape index (κ1) is 20.1. The van der Waals surface area contributed by atoms with Gasteiger partial charge in [0.1, 0.15) is 18.0 Å². The standard InChI is InChI=1S/C23H27N3O4/c1-16-8-9-21-19(14-16)26(23(28)17(2)30-21)15-22(27)25-12-10-24(11-13-25)18-6-4-5-7-20(18)29-3/h4-9,14,17H,10-13,15H2,1-3H3. The van der Waals surface area contributed by atoms with Crippen LogP contribution in [0.4, 0.5) is 11.4 Å². The van der Waals surface area contributed by atoms with Gasteiger partial charge in [0.15, 0.2) is 6.10 Å². The lowest BCUT2D eigenvalue weighted by Crippen LogP contribution is -2.54. The molecule has 0 bridgehead atoms. The number of carbonyl (C=O) groups excluding carboxylic acids is 2. The summed E-state index contributed by atoms with van der Waals surface area (Å²) in [6.07, 6.45) is -0.601. The van der Waals surface area contributed by atoms with Gasteiger partial charge in [0.25, 0.3) is 5.91 Å². The van der Waals surface area contributed by atoms with Crippen LogP contribution in [0.15, 0.2) is 42.5 Å². The Morgan fingerprint density at radius 3 is 2.57 bits per heavy atom. The van der Waals surface area contributed by atoms with Crippen LogP contribution in [0.25, 0.3) is 0 Å². The maximum atomic E-state index is 13.0. The van der Waals surface area contributed by atoms with Gasteiger partial charge in [-0.15, -0.1) is 0 Å². The molecule has 1 atom stereocenters. The Balaban J connectivity index is 1.44. The number of carbonyl (C=O) groups is 2. The monoisotopic (exact) mass is 409 g/mol. The van der Waals surface area contributed by atoms with Gasteiger partial charge in [0.2, 0.25) is 5.91 Å². The second-order valence-electron chi connectivity index (χ2n) is 7.70. The molecule has 0 N–H and O–H groups in total. The van der Waals surface area contributed by atoms with Crippen LogP contribution in [0, 0.1) is 6.92 Å². The van der Waals surface area contributed by atoms with Gasteiger partial charge < -0.3 is 19.3 Å². The van der Waals surface area contributed by atoms with E-state index in [9.17, 15) is 9.59 Å². The Hall–Kier alpha value is -3.22. The van der Waals surface area contributed by atoms with Gasteiger partial charge in [-0.3, -0.25) is 14.5 Å². The Morgan fingerprint density at radius 1 is 1.10 bits per heavy atom. The van der Waals surface area contributed by atoms with Crippen molar-refractivity contribution in [2.75, 3.05) is 49.6 Å². The van der Waals surface area contributed by atoms with Crippen LogP contribution >= 0.6 is 0 Å². The molecule has 0 radical (unpaired) electrons. The van der Waals surface area contributed by atoms with Crippen molar-refractivity contribution in [3.05, 3.63) is 48.0 Å². The quantitative estimate of drug-likeness (QED) is 0.776. The van der Waals surface area contributed by atoms with E-state index in [1.165, 1.54) is 0 Å². The van der Waals surface area contributed by atoms with Crippen molar-refractivity contribution in [1.29, 1.82) is 0 Å². The summed E-state index contributed by atoms with van der Waals surface area (Å²) in [5, 5.41) is 0. The fourth-order valence-corrected chi connectivity index (χ4v) is 4.00. The van der Waals surface area contributed by atoms with Gasteiger partial charge in [-0.1, -0.05) is 18.2 Å². The van der Waals surface area contributed by atoms with Crippen LogP contribution in [-0.4, -0.2) is 62.7 Å². The molecule has 7 nitrogen and oxygen atoms in total. The predicted molar refractivity (Wildman–Crippen MR) is 115 cm³/mol. The van der Waals surface area contributed by atoms with E-state index in [-0.39, 0.29) is 18.4 Å². The third-order valence-corrected chi connectivity index (χ3v) is 5.67. The number of benzene rings is 2. The number of methoxy groups -OCH3 is 1. The summed E-state index contributed by atoms with van der Waals surface area (Å²) < 4.78 is 11.2. The molecule has 1 fully saturated rings. The minimum atomic E-state index is -0.601. The zero-order valence-electron chi connectivity index (χ0n) is 17.6. The summed E-state index contributed by atoms with van der Waals surface area (Å²) in [5.41, 5.74) is 2.72. The summed E-state index contributed by atoms with van der Waals surface area (Å²) in [7, 11) is 1.67. The molecule has 2 amide bonds. The maximum Gasteiger partial charge on any atom is 0.268 e. The summed E-state index contributed by atoms with van der Waals surface area (Å²) >= 11 is 0. The zero-order chi connectivity index (χ0) is 21.3. The summed E-state index contributed by atoms with van der Waals surface area (Å²) in [4.78, 5) is 31.4. The average Bonchev–Trinajstić information content (AvgIpc) is 2.77. The second-order valence-corrected chi connectivity index (χ2v) is 7.70. The third kappa shape index (κ3) is 3.79. The topological polar surface area (TPSA) is 62.3 Å². The lowest BCUT2D eigenvalue weighted by atomic mass is 10.1. The molecule has 30 heavy (non-hydrogen) atoms. The van der Waals surface area contributed by atoms with Crippen LogP contribution in [0.2, 0.25) is 0 Å². The molecule has 0 spiro atoms. The number of rotatable bonds is 4. The maximum absolute atomic E-state index is 13.0. The van der Waals surface area contributed by atoms with Gasteiger partial charge >= 0.3 is 0 Å². The van der Waals surface area contributed by atoms with Crippen LogP contribution in [0.3, 0.4) is 0 Å². The highest BCUT2D eigenvalue weighted by Gasteiger charge is 2.34. The van der Waals surface area contributed by atoms with E-state index in [1.807, 2.05) is 54.3 Å². The second kappa shape index (κ2) is 8.26. The van der Waals surface area contributed by atoms with Crippen LogP contribution in [0.5, 0.6) is 11.5 Å². The molecule has 158 valence electrons. The number of amides is 2. The number of nitrogens with zero attached hydrogens (tertiary/aromatic N) is 3. The number of hydrogen-bond donors (Lipinski definition) is 0. The molecule has 7 heteroatoms. The molecule has 4 rings (SSSR count). The van der Waals surface area contributed by atoms with Gasteiger partial charge in [-0.25, -0.2) is 0 Å². The number of anilines is 2. The SMILES string of the molecule is COc1ccccc1N1CCN(C(=O)CN2C(=O)C(C)Oc3ccc(C)cc32)CC1. The van der Waals surface area contributed by atoms with Crippen LogP contribution in [0.1, 0.15) is 12.5 Å². The molecule has 0 saturated carbocycles. The molecule has 2 aromatic carbocycles. The molecular formula is C23H27N3O4. The smallest absolute Gasteiger partial charge is 0.268 e. The lowest BCUT2D eigenvalue weighted by Gasteiger charge is -2.38. The number of hydrogen-bond acceptors (Lipinski definition) is 5. The number of piperazine rings is 1. The van der Waals surface area contributed by atoms with Crippen molar-refractivity contribution >= 4 is 23.2 Å². The number of ether oxygens (including phenoxy) is 2. The first-order chi connectivity index (χ1) is 14.5. The van der Waals surface area contributed by atoms with Gasteiger partial charge in [0.05, 0.1) is 18.5 Å². The van der Waals surface area contributed by atoms with Gasteiger partial charge in [0, 0.05) is 26.2 Å². The summed E-state index contributed by atoms with van der Waals surface area (Å²) in [6.45, 7) is 6.34. The van der Waals surface area contributed by atoms with Crippen molar-refractivity contribution in [2.45, 2.75) is 20.0 Å². The number of fused-ring (bicyclic) bond motifs is 1. The highest BCUT2D eigenvalue weighted by Crippen LogP contribution is 2.35. The van der Waals surface area contributed by atoms with Crippen molar-refractivity contribution in [2.24, 2.45) is 0 Å². The van der Waals surface area contributed by atoms with Crippen LogP contribution < -0.4 is 19.3 Å². The van der Waals surface area contributed by atoms with Crippen molar-refractivity contribution < 1.29 is 19.1 Å². The van der Waals surface area contributed by atoms with Gasteiger partial charge in [-0.05, 0) is 43.7 Å². The summed E-state index contributed by atoms with van der Waals surface area (Å²) in [5.74, 6) is 1.23. The van der Waals surface area contributed by atoms with E-state index in [2.05, 4.69) is 4.90 Å². The first-order valence-corrected chi connectivity index (χ1v) is 10.2. The Bertz CT molecular complexity index is 953. The van der Waals surface area contributed by atoms with E-state index in [1.54, 1.807) is 18.9 Å². The molecule has 2 aliphatic rings. The van der Waals surface area contributed by atoms with E-state index >= 15 is 0 Å². The fraction of sp³-hybridized carbons (Fsp3) is 0.391. The Labute approximate surface area is 176 Å². The minimum absolute atomic E-state index is 0.0254. The van der Waals surface area contributed by atoms with E-state index in [0.717, 1.165) is 30.1 Å². The fourth-order valence-electron chi connectivity index (χ4n) is 4.00. The highest BCUT2D eigenvalue weighted by atomic mass is 16.5. The van der Waals surface area contributed by atoms with Crippen molar-refractivity contribution in [3.8, 4) is 11.5 Å². The molecule has 1 unspecified atom stereocenters. The van der Waals surface area contributed by atoms with Crippen LogP contribution in [-0.2, 0) is 9.59 Å². The predicted octanol–water partition coefficient (Wildman–Crippen LogP) is 2.47. The molecule has 2 aromatic rings. The molecule has 0 aliphatic carbocycles.